The third kappa shape index (κ3) is 5.31. The van der Waals surface area contributed by atoms with Gasteiger partial charge in [0.1, 0.15) is 12.4 Å². The maximum atomic E-state index is 12.9. The predicted octanol–water partition coefficient (Wildman–Crippen LogP) is 6.76. The number of rotatable bonds is 6. The first-order chi connectivity index (χ1) is 15.0. The Morgan fingerprint density at radius 2 is 1.68 bits per heavy atom. The lowest BCUT2D eigenvalue weighted by Gasteiger charge is -2.12. The van der Waals surface area contributed by atoms with Crippen molar-refractivity contribution in [2.75, 3.05) is 0 Å². The Kier molecular flexibility index (Phi) is 6.99. The zero-order chi connectivity index (χ0) is 21.8. The van der Waals surface area contributed by atoms with Crippen LogP contribution in [0.3, 0.4) is 0 Å². The van der Waals surface area contributed by atoms with Crippen LogP contribution in [0, 0.1) is 3.57 Å². The average Bonchev–Trinajstić information content (AvgIpc) is 3.03. The summed E-state index contributed by atoms with van der Waals surface area (Å²) in [6.07, 6.45) is 1.71. The minimum atomic E-state index is -0.297. The lowest BCUT2D eigenvalue weighted by atomic mass is 10.1. The number of carbonyl (C=O) groups excluding carboxylic acids is 2. The summed E-state index contributed by atoms with van der Waals surface area (Å²) in [7, 11) is 0. The molecule has 0 saturated carbocycles. The Bertz CT molecular complexity index is 1160. The van der Waals surface area contributed by atoms with E-state index < -0.39 is 0 Å². The van der Waals surface area contributed by atoms with E-state index in [1.54, 1.807) is 6.08 Å². The van der Waals surface area contributed by atoms with Gasteiger partial charge in [0.15, 0.2) is 0 Å². The van der Waals surface area contributed by atoms with Crippen LogP contribution in [0.15, 0.2) is 77.7 Å². The van der Waals surface area contributed by atoms with Gasteiger partial charge in [-0.1, -0.05) is 60.1 Å². The maximum absolute atomic E-state index is 12.9. The van der Waals surface area contributed by atoms with E-state index in [-0.39, 0.29) is 17.7 Å². The molecule has 1 aliphatic rings. The molecule has 3 aromatic carbocycles. The molecule has 0 atom stereocenters. The predicted molar refractivity (Wildman–Crippen MR) is 133 cm³/mol. The molecule has 7 heteroatoms. The summed E-state index contributed by atoms with van der Waals surface area (Å²) in [4.78, 5) is 27.0. The van der Waals surface area contributed by atoms with Crippen molar-refractivity contribution in [3.05, 3.63) is 103 Å². The Morgan fingerprint density at radius 3 is 2.45 bits per heavy atom. The van der Waals surface area contributed by atoms with E-state index in [1.165, 1.54) is 4.90 Å². The molecule has 0 unspecified atom stereocenters. The molecule has 2 amide bonds. The number of amides is 2. The van der Waals surface area contributed by atoms with Crippen molar-refractivity contribution in [2.24, 2.45) is 0 Å². The lowest BCUT2D eigenvalue weighted by molar-refractivity contribution is -0.123. The summed E-state index contributed by atoms with van der Waals surface area (Å²) in [5.74, 6) is 0.321. The van der Waals surface area contributed by atoms with Gasteiger partial charge in [0, 0.05) is 19.7 Å². The van der Waals surface area contributed by atoms with Crippen LogP contribution in [0.2, 0.25) is 5.02 Å². The molecule has 3 aromatic rings. The van der Waals surface area contributed by atoms with Crippen LogP contribution in [-0.4, -0.2) is 16.0 Å². The number of nitrogens with zero attached hydrogens (tertiary/aromatic N) is 1. The van der Waals surface area contributed by atoms with Crippen LogP contribution in [0.25, 0.3) is 6.08 Å². The molecular formula is C24H17ClINO3S. The van der Waals surface area contributed by atoms with E-state index in [9.17, 15) is 9.59 Å². The second-order valence-corrected chi connectivity index (χ2v) is 9.46. The SMILES string of the molecule is O=C1S/C(=C/c2ccccc2OCc2ccccc2Cl)C(=O)N1Cc1ccc(I)cc1. The van der Waals surface area contributed by atoms with Gasteiger partial charge in [0.05, 0.1) is 11.4 Å². The van der Waals surface area contributed by atoms with Crippen molar-refractivity contribution in [3.8, 4) is 5.75 Å². The Morgan fingerprint density at radius 1 is 0.968 bits per heavy atom. The van der Waals surface area contributed by atoms with E-state index in [2.05, 4.69) is 22.6 Å². The maximum Gasteiger partial charge on any atom is 0.293 e. The molecule has 4 nitrogen and oxygen atoms in total. The van der Waals surface area contributed by atoms with E-state index >= 15 is 0 Å². The molecule has 0 aromatic heterocycles. The Hall–Kier alpha value is -2.29. The molecule has 4 rings (SSSR count). The zero-order valence-electron chi connectivity index (χ0n) is 16.3. The smallest absolute Gasteiger partial charge is 0.293 e. The highest BCUT2D eigenvalue weighted by molar-refractivity contribution is 14.1. The number of imide groups is 1. The van der Waals surface area contributed by atoms with Crippen LogP contribution >= 0.6 is 46.0 Å². The van der Waals surface area contributed by atoms with Crippen LogP contribution in [0.5, 0.6) is 5.75 Å². The van der Waals surface area contributed by atoms with Gasteiger partial charge in [-0.3, -0.25) is 14.5 Å². The Balaban J connectivity index is 1.52. The quantitative estimate of drug-likeness (QED) is 0.246. The monoisotopic (exact) mass is 561 g/mol. The van der Waals surface area contributed by atoms with Crippen LogP contribution in [0.1, 0.15) is 16.7 Å². The third-order valence-electron chi connectivity index (χ3n) is 4.67. The minimum absolute atomic E-state index is 0.254. The van der Waals surface area contributed by atoms with Crippen molar-refractivity contribution < 1.29 is 14.3 Å². The number of thioether (sulfide) groups is 1. The molecule has 1 saturated heterocycles. The largest absolute Gasteiger partial charge is 0.488 e. The first kappa shape index (κ1) is 21.9. The number of hydrogen-bond acceptors (Lipinski definition) is 4. The van der Waals surface area contributed by atoms with E-state index in [0.29, 0.717) is 22.3 Å². The van der Waals surface area contributed by atoms with Crippen LogP contribution < -0.4 is 4.74 Å². The van der Waals surface area contributed by atoms with Gasteiger partial charge in [0.2, 0.25) is 0 Å². The van der Waals surface area contributed by atoms with Crippen molar-refractivity contribution in [1.29, 1.82) is 0 Å². The molecule has 0 radical (unpaired) electrons. The second-order valence-electron chi connectivity index (χ2n) is 6.81. The number of hydrogen-bond donors (Lipinski definition) is 0. The van der Waals surface area contributed by atoms with Gasteiger partial charge in [-0.15, -0.1) is 0 Å². The summed E-state index contributed by atoms with van der Waals surface area (Å²) >= 11 is 9.38. The van der Waals surface area contributed by atoms with Gasteiger partial charge in [-0.25, -0.2) is 0 Å². The van der Waals surface area contributed by atoms with Gasteiger partial charge in [0.25, 0.3) is 11.1 Å². The number of para-hydroxylation sites is 1. The minimum Gasteiger partial charge on any atom is -0.488 e. The first-order valence-electron chi connectivity index (χ1n) is 9.46. The van der Waals surface area contributed by atoms with Gasteiger partial charge in [-0.2, -0.15) is 0 Å². The Labute approximate surface area is 203 Å². The van der Waals surface area contributed by atoms with E-state index in [4.69, 9.17) is 16.3 Å². The molecule has 31 heavy (non-hydrogen) atoms. The summed E-state index contributed by atoms with van der Waals surface area (Å²) < 4.78 is 7.06. The molecule has 0 bridgehead atoms. The fourth-order valence-electron chi connectivity index (χ4n) is 3.05. The number of benzene rings is 3. The number of carbonyl (C=O) groups is 2. The highest BCUT2D eigenvalue weighted by atomic mass is 127. The second kappa shape index (κ2) is 9.89. The van der Waals surface area contributed by atoms with Gasteiger partial charge in [-0.05, 0) is 70.3 Å². The molecule has 1 aliphatic heterocycles. The fraction of sp³-hybridized carbons (Fsp3) is 0.0833. The zero-order valence-corrected chi connectivity index (χ0v) is 20.0. The van der Waals surface area contributed by atoms with Crippen molar-refractivity contribution in [1.82, 2.24) is 4.90 Å². The highest BCUT2D eigenvalue weighted by Crippen LogP contribution is 2.35. The van der Waals surface area contributed by atoms with Gasteiger partial charge < -0.3 is 4.74 Å². The first-order valence-corrected chi connectivity index (χ1v) is 11.7. The average molecular weight is 562 g/mol. The molecule has 1 fully saturated rings. The summed E-state index contributed by atoms with van der Waals surface area (Å²) in [6, 6.07) is 22.7. The standard InChI is InChI=1S/C24H17ClINO3S/c25-20-7-3-1-6-18(20)15-30-21-8-4-2-5-17(21)13-22-23(28)27(24(29)31-22)14-16-9-11-19(26)12-10-16/h1-13H,14-15H2/b22-13+. The molecule has 0 aliphatic carbocycles. The van der Waals surface area contributed by atoms with E-state index in [0.717, 1.165) is 32.0 Å². The molecular weight excluding hydrogens is 545 g/mol. The summed E-state index contributed by atoms with van der Waals surface area (Å²) in [5.41, 5.74) is 2.51. The van der Waals surface area contributed by atoms with Gasteiger partial charge >= 0.3 is 0 Å². The normalized spacial score (nSPS) is 15.0. The molecule has 0 spiro atoms. The molecule has 0 N–H and O–H groups in total. The fourth-order valence-corrected chi connectivity index (χ4v) is 4.43. The molecule has 156 valence electrons. The summed E-state index contributed by atoms with van der Waals surface area (Å²) in [6.45, 7) is 0.558. The third-order valence-corrected chi connectivity index (χ3v) is 6.67. The molecule has 1 heterocycles. The highest BCUT2D eigenvalue weighted by Gasteiger charge is 2.35. The summed E-state index contributed by atoms with van der Waals surface area (Å²) in [5, 5.41) is 0.362. The number of ether oxygens (including phenoxy) is 1. The van der Waals surface area contributed by atoms with Crippen molar-refractivity contribution >= 4 is 63.2 Å². The lowest BCUT2D eigenvalue weighted by Crippen LogP contribution is -2.27. The van der Waals surface area contributed by atoms with Crippen molar-refractivity contribution in [3.63, 3.8) is 0 Å². The van der Waals surface area contributed by atoms with Crippen LogP contribution in [0.4, 0.5) is 4.79 Å². The van der Waals surface area contributed by atoms with Crippen molar-refractivity contribution in [2.45, 2.75) is 13.2 Å². The number of halogens is 2. The van der Waals surface area contributed by atoms with E-state index in [1.807, 2.05) is 72.8 Å². The topological polar surface area (TPSA) is 46.6 Å². The van der Waals surface area contributed by atoms with Crippen LogP contribution in [-0.2, 0) is 17.9 Å².